The molecular formula is C42H27BF24O2S. The van der Waals surface area contributed by atoms with Crippen LogP contribution in [0.25, 0.3) is 0 Å². The Morgan fingerprint density at radius 1 is 0.357 bits per heavy atom. The fraction of sp³-hybridized carbons (Fsp3) is 0.286. The van der Waals surface area contributed by atoms with E-state index < -0.39 is 205 Å². The number of rotatable bonds is 7. The Kier molecular flexibility index (Phi) is 15.4. The Morgan fingerprint density at radius 2 is 0.543 bits per heavy atom. The first kappa shape index (κ1) is 57.0. The highest BCUT2D eigenvalue weighted by atomic mass is 32.2. The molecule has 0 radical (unpaired) electrons. The van der Waals surface area contributed by atoms with Crippen LogP contribution in [0.1, 0.15) is 50.1 Å². The highest BCUT2D eigenvalue weighted by molar-refractivity contribution is 8.00. The lowest BCUT2D eigenvalue weighted by atomic mass is 9.12. The van der Waals surface area contributed by atoms with Crippen LogP contribution in [0.5, 0.6) is 5.75 Å². The van der Waals surface area contributed by atoms with Crippen LogP contribution < -0.4 is 26.6 Å². The lowest BCUT2D eigenvalue weighted by molar-refractivity contribution is -0.144. The van der Waals surface area contributed by atoms with E-state index in [1.165, 1.54) is 0 Å². The minimum absolute atomic E-state index is 0.636. The van der Waals surface area contributed by atoms with Gasteiger partial charge in [-0.3, -0.25) is 0 Å². The molecule has 0 aliphatic heterocycles. The van der Waals surface area contributed by atoms with Gasteiger partial charge in [0.1, 0.15) is 30.2 Å². The number of ether oxygens (including phenoxy) is 1. The van der Waals surface area contributed by atoms with Crippen LogP contribution in [0.3, 0.4) is 0 Å². The molecule has 5 rings (SSSR count). The number of alkyl halides is 24. The molecular weight excluding hydrogens is 1040 g/mol. The maximum Gasteiger partial charge on any atom is 0.416 e. The molecule has 0 saturated carbocycles. The molecule has 0 N–H and O–H groups in total. The molecule has 5 aromatic rings. The van der Waals surface area contributed by atoms with E-state index in [0.29, 0.717) is 5.75 Å². The third-order valence-electron chi connectivity index (χ3n) is 10.1. The molecule has 384 valence electrons. The standard InChI is InChI=1S/C32H12BF24.C10H15O2S/c34-25(35,36)13-1-14(26(37,38)39)6-21(5-13)33(22-7-15(27(40,41)42)2-16(8-22)28(43,44)45,23-9-17(29(46,47)48)3-18(10-23)30(49,50)51)24-11-19(31(52,53)54)4-20(12-24)32(55,56)57;1-12-10-6-4-9(5-7-10)8-13(2,3)11/h1-12H;4-7H,8H2,1-3H3/q-1;+1. The average Bonchev–Trinajstić information content (AvgIpc) is 3.18. The van der Waals surface area contributed by atoms with Crippen molar-refractivity contribution in [1.29, 1.82) is 0 Å². The zero-order valence-corrected chi connectivity index (χ0v) is 35.6. The molecule has 0 saturated heterocycles. The summed E-state index contributed by atoms with van der Waals surface area (Å²) < 4.78 is 357. The molecule has 0 aliphatic rings. The third kappa shape index (κ3) is 13.6. The van der Waals surface area contributed by atoms with Crippen molar-refractivity contribution in [2.75, 3.05) is 19.6 Å². The van der Waals surface area contributed by atoms with E-state index in [4.69, 9.17) is 4.74 Å². The van der Waals surface area contributed by atoms with Gasteiger partial charge in [-0.05, 0) is 36.4 Å². The topological polar surface area (TPSA) is 26.3 Å². The third-order valence-corrected chi connectivity index (χ3v) is 11.1. The molecule has 0 bridgehead atoms. The van der Waals surface area contributed by atoms with Gasteiger partial charge in [-0.2, -0.15) is 127 Å². The molecule has 0 heterocycles. The predicted molar refractivity (Wildman–Crippen MR) is 207 cm³/mol. The van der Waals surface area contributed by atoms with E-state index in [9.17, 15) is 110 Å². The fourth-order valence-electron chi connectivity index (χ4n) is 7.19. The van der Waals surface area contributed by atoms with Crippen molar-refractivity contribution < 1.29 is 114 Å². The lowest BCUT2D eigenvalue weighted by Gasteiger charge is -2.46. The lowest BCUT2D eigenvalue weighted by Crippen LogP contribution is -2.75. The SMILES string of the molecule is COc1ccc(C[S+](C)(C)=O)cc1.FC(F)(F)c1cc([B-](c2cc(C(F)(F)F)cc(C(F)(F)F)c2)(c2cc(C(F)(F)F)cc(C(F)(F)F)c2)c2cc(C(F)(F)F)cc(C(F)(F)F)c2)cc(C(F)(F)F)c1. The van der Waals surface area contributed by atoms with Crippen LogP contribution in [0.2, 0.25) is 0 Å². The number of benzene rings is 5. The number of hydrogen-bond acceptors (Lipinski definition) is 2. The van der Waals surface area contributed by atoms with Crippen molar-refractivity contribution in [1.82, 2.24) is 0 Å². The summed E-state index contributed by atoms with van der Waals surface area (Å²) in [5.74, 6) is 1.47. The molecule has 0 amide bonds. The van der Waals surface area contributed by atoms with E-state index in [0.717, 1.165) is 11.3 Å². The van der Waals surface area contributed by atoms with E-state index in [2.05, 4.69) is 0 Å². The largest absolute Gasteiger partial charge is 0.497 e. The van der Waals surface area contributed by atoms with Crippen molar-refractivity contribution >= 4 is 37.9 Å². The Balaban J connectivity index is 0.000000707. The molecule has 0 atom stereocenters. The highest BCUT2D eigenvalue weighted by Crippen LogP contribution is 2.41. The molecule has 0 aliphatic carbocycles. The molecule has 0 spiro atoms. The average molecular weight is 1060 g/mol. The first-order chi connectivity index (χ1) is 31.3. The summed E-state index contributed by atoms with van der Waals surface area (Å²) in [6, 6.07) is -1.13. The Labute approximate surface area is 379 Å². The zero-order valence-electron chi connectivity index (χ0n) is 34.8. The minimum Gasteiger partial charge on any atom is -0.497 e. The van der Waals surface area contributed by atoms with Crippen LogP contribution in [-0.4, -0.2) is 25.8 Å². The van der Waals surface area contributed by atoms with Gasteiger partial charge in [0.15, 0.2) is 0 Å². The van der Waals surface area contributed by atoms with Crippen molar-refractivity contribution in [2.45, 2.75) is 55.2 Å². The molecule has 5 aromatic carbocycles. The smallest absolute Gasteiger partial charge is 0.416 e. The van der Waals surface area contributed by atoms with Gasteiger partial charge in [-0.25, -0.2) is 0 Å². The Bertz CT molecular complexity index is 2280. The fourth-order valence-corrected chi connectivity index (χ4v) is 8.19. The van der Waals surface area contributed by atoms with Crippen LogP contribution in [0, 0.1) is 0 Å². The quantitative estimate of drug-likeness (QED) is 0.0922. The first-order valence-electron chi connectivity index (χ1n) is 18.7. The summed E-state index contributed by atoms with van der Waals surface area (Å²) >= 11 is 0. The van der Waals surface area contributed by atoms with Crippen LogP contribution in [-0.2, 0) is 69.3 Å². The molecule has 0 unspecified atom stereocenters. The molecule has 28 heteroatoms. The van der Waals surface area contributed by atoms with Crippen molar-refractivity contribution in [3.05, 3.63) is 147 Å². The maximum absolute atomic E-state index is 14.2. The van der Waals surface area contributed by atoms with Crippen molar-refractivity contribution in [3.8, 4) is 5.75 Å². The normalized spacial score (nSPS) is 13.8. The van der Waals surface area contributed by atoms with E-state index in [-0.39, 0.29) is 0 Å². The van der Waals surface area contributed by atoms with Crippen LogP contribution in [0.15, 0.2) is 97.1 Å². The van der Waals surface area contributed by atoms with Gasteiger partial charge in [-0.1, -0.05) is 60.7 Å². The minimum atomic E-state index is -6.13. The number of hydrogen-bond donors (Lipinski definition) is 0. The summed E-state index contributed by atoms with van der Waals surface area (Å²) in [5, 5.41) is 0. The summed E-state index contributed by atoms with van der Waals surface area (Å²) in [7, 11) is -0.0509. The van der Waals surface area contributed by atoms with E-state index in [1.807, 2.05) is 24.3 Å². The van der Waals surface area contributed by atoms with Gasteiger partial charge < -0.3 is 4.74 Å². The van der Waals surface area contributed by atoms with Gasteiger partial charge >= 0.3 is 49.4 Å². The summed E-state index contributed by atoms with van der Waals surface area (Å²) in [6.07, 6.45) is -51.3. The summed E-state index contributed by atoms with van der Waals surface area (Å²) in [5.41, 5.74) is -29.1. The zero-order chi connectivity index (χ0) is 53.8. The predicted octanol–water partition coefficient (Wildman–Crippen LogP) is 13.2. The second-order valence-electron chi connectivity index (χ2n) is 15.7. The van der Waals surface area contributed by atoms with Crippen LogP contribution >= 0.6 is 0 Å². The molecule has 0 aromatic heterocycles. The highest BCUT2D eigenvalue weighted by Gasteiger charge is 2.47. The molecule has 0 fully saturated rings. The van der Waals surface area contributed by atoms with Gasteiger partial charge in [0, 0.05) is 5.56 Å². The summed E-state index contributed by atoms with van der Waals surface area (Å²) in [4.78, 5) is 0. The van der Waals surface area contributed by atoms with Crippen LogP contribution in [0.4, 0.5) is 105 Å². The van der Waals surface area contributed by atoms with Gasteiger partial charge in [-0.15, -0.1) is 4.21 Å². The maximum atomic E-state index is 14.2. The second-order valence-corrected chi connectivity index (χ2v) is 18.8. The second kappa shape index (κ2) is 18.9. The first-order valence-corrected chi connectivity index (χ1v) is 21.2. The summed E-state index contributed by atoms with van der Waals surface area (Å²) in [6.45, 7) is 0. The van der Waals surface area contributed by atoms with Gasteiger partial charge in [0.05, 0.1) is 61.6 Å². The van der Waals surface area contributed by atoms with E-state index >= 15 is 0 Å². The number of methoxy groups -OCH3 is 1. The molecule has 70 heavy (non-hydrogen) atoms. The Morgan fingerprint density at radius 3 is 0.686 bits per heavy atom. The van der Waals surface area contributed by atoms with Gasteiger partial charge in [0.2, 0.25) is 0 Å². The molecule has 2 nitrogen and oxygen atoms in total. The van der Waals surface area contributed by atoms with Crippen molar-refractivity contribution in [3.63, 3.8) is 0 Å². The monoisotopic (exact) mass is 1060 g/mol. The number of halogens is 24. The van der Waals surface area contributed by atoms with Gasteiger partial charge in [0.25, 0.3) is 0 Å². The van der Waals surface area contributed by atoms with E-state index in [1.54, 1.807) is 19.6 Å². The van der Waals surface area contributed by atoms with Crippen molar-refractivity contribution in [2.24, 2.45) is 0 Å². The Hall–Kier alpha value is -5.57.